The fraction of sp³-hybridized carbons (Fsp3) is 0.583. The number of hydrogen-bond acceptors (Lipinski definition) is 1. The van der Waals surface area contributed by atoms with Crippen molar-refractivity contribution in [3.63, 3.8) is 0 Å². The number of thiol groups is 1. The Morgan fingerprint density at radius 3 is 2.58 bits per heavy atom. The van der Waals surface area contributed by atoms with Gasteiger partial charge in [0.05, 0.1) is 5.69 Å². The summed E-state index contributed by atoms with van der Waals surface area (Å²) in [6, 6.07) is 6.06. The molecule has 0 unspecified atom stereocenters. The van der Waals surface area contributed by atoms with Gasteiger partial charge in [0.2, 0.25) is 13.2 Å². The van der Waals surface area contributed by atoms with E-state index in [1.54, 1.807) is 0 Å². The van der Waals surface area contributed by atoms with Crippen LogP contribution in [0.4, 0.5) is 0 Å². The molecule has 0 radical (unpaired) electrons. The maximum atomic E-state index is 4.67. The Hall–Kier alpha value is 0.519. The molecule has 1 aromatic rings. The van der Waals surface area contributed by atoms with Crippen molar-refractivity contribution in [2.75, 3.05) is 32.2 Å². The topological polar surface area (TPSA) is 38.5 Å². The number of aromatic nitrogens is 1. The zero-order chi connectivity index (χ0) is 14.2. The van der Waals surface area contributed by atoms with Crippen molar-refractivity contribution in [3.05, 3.63) is 30.1 Å². The van der Waals surface area contributed by atoms with E-state index in [1.807, 2.05) is 18.3 Å². The van der Waals surface area contributed by atoms with Crippen molar-refractivity contribution in [2.45, 2.75) is 12.7 Å². The van der Waals surface area contributed by atoms with Gasteiger partial charge in [0.15, 0.2) is 12.4 Å². The second kappa shape index (κ2) is 16.6. The van der Waals surface area contributed by atoms with Crippen molar-refractivity contribution in [1.29, 1.82) is 0 Å². The second-order valence-corrected chi connectivity index (χ2v) is 6.17. The minimum absolute atomic E-state index is 0.757. The summed E-state index contributed by atoms with van der Waals surface area (Å²) < 4.78 is 8.65. The molecule has 0 saturated carbocycles. The first kappa shape index (κ1) is 19.5. The van der Waals surface area contributed by atoms with E-state index < -0.39 is 0 Å². The molecule has 0 fully saturated rings. The van der Waals surface area contributed by atoms with Crippen LogP contribution in [-0.2, 0) is 30.6 Å². The molecule has 1 rings (SSSR count). The quantitative estimate of drug-likeness (QED) is 0.280. The Morgan fingerprint density at radius 1 is 1.21 bits per heavy atom. The molecule has 0 bridgehead atoms. The van der Waals surface area contributed by atoms with E-state index in [1.165, 1.54) is 17.5 Å². The standard InChI is InChI=1S/C12H19NO2S.2ClH.Cu/c1-2-14-7-8-15-9-10-16-11-12-5-3-4-6-13-12;;;/h3-6H,2,7-11H2,1H3;2*1H;/q;;;+2/p+1. The summed E-state index contributed by atoms with van der Waals surface area (Å²) in [5, 5.41) is 0. The molecule has 0 saturated heterocycles. The van der Waals surface area contributed by atoms with Crippen molar-refractivity contribution in [2.24, 2.45) is 0 Å². The zero-order valence-electron chi connectivity index (χ0n) is 10.9. The Kier molecular flexibility index (Phi) is 17.0. The predicted octanol–water partition coefficient (Wildman–Crippen LogP) is 1.85. The molecule has 0 aromatic carbocycles. The van der Waals surface area contributed by atoms with E-state index in [0.717, 1.165) is 51.1 Å². The fourth-order valence-corrected chi connectivity index (χ4v) is 2.10. The Labute approximate surface area is 134 Å². The number of rotatable bonds is 9. The van der Waals surface area contributed by atoms with Crippen LogP contribution in [0.5, 0.6) is 0 Å². The Bertz CT molecular complexity index is 284. The van der Waals surface area contributed by atoms with Crippen molar-refractivity contribution >= 4 is 32.0 Å². The summed E-state index contributed by atoms with van der Waals surface area (Å²) in [7, 11) is 9.34. The average Bonchev–Trinajstić information content (AvgIpc) is 2.44. The summed E-state index contributed by atoms with van der Waals surface area (Å²) in [6.45, 7) is 5.69. The van der Waals surface area contributed by atoms with Crippen LogP contribution >= 0.6 is 20.2 Å². The molecule has 0 aliphatic carbocycles. The van der Waals surface area contributed by atoms with E-state index in [0.29, 0.717) is 0 Å². The summed E-state index contributed by atoms with van der Waals surface area (Å²) in [5.74, 6) is 2.17. The van der Waals surface area contributed by atoms with Gasteiger partial charge in [-0.3, -0.25) is 4.98 Å². The first-order valence-electron chi connectivity index (χ1n) is 5.96. The molecule has 3 nitrogen and oxygen atoms in total. The molecular weight excluding hydrogens is 357 g/mol. The van der Waals surface area contributed by atoms with Crippen molar-refractivity contribution in [1.82, 2.24) is 4.98 Å². The van der Waals surface area contributed by atoms with Crippen LogP contribution in [0.15, 0.2) is 24.4 Å². The van der Waals surface area contributed by atoms with Gasteiger partial charge in [-0.05, 0) is 23.9 Å². The van der Waals surface area contributed by atoms with Gasteiger partial charge in [0.1, 0.15) is 12.4 Å². The van der Waals surface area contributed by atoms with Gasteiger partial charge in [-0.1, -0.05) is 6.07 Å². The normalized spacial score (nSPS) is 10.1. The summed E-state index contributed by atoms with van der Waals surface area (Å²) >= 11 is 2.17. The first-order chi connectivity index (χ1) is 9.35. The fourth-order valence-electron chi connectivity index (χ4n) is 1.24. The van der Waals surface area contributed by atoms with Gasteiger partial charge < -0.3 is 9.47 Å². The molecular formula is C12H22Cl2CuNO2S+3. The average molecular weight is 379 g/mol. The Balaban J connectivity index is 0.000000982. The molecule has 0 aliphatic rings. The SMILES string of the molecule is CC[OH+]CC[OH+]CC[SH+]Cc1ccccn1.[Cl][Cu][Cl]. The van der Waals surface area contributed by atoms with E-state index >= 15 is 0 Å². The number of halogens is 2. The van der Waals surface area contributed by atoms with Gasteiger partial charge in [-0.2, -0.15) is 0 Å². The van der Waals surface area contributed by atoms with Crippen LogP contribution in [-0.4, -0.2) is 46.6 Å². The third-order valence-corrected chi connectivity index (χ3v) is 3.12. The van der Waals surface area contributed by atoms with Crippen LogP contribution in [0.1, 0.15) is 12.6 Å². The number of ether oxygens (including phenoxy) is 2. The van der Waals surface area contributed by atoms with Crippen LogP contribution in [0, 0.1) is 0 Å². The molecule has 0 spiro atoms. The van der Waals surface area contributed by atoms with E-state index in [4.69, 9.17) is 0 Å². The van der Waals surface area contributed by atoms with Crippen LogP contribution in [0.25, 0.3) is 0 Å². The van der Waals surface area contributed by atoms with Gasteiger partial charge in [-0.25, -0.2) is 0 Å². The summed E-state index contributed by atoms with van der Waals surface area (Å²) in [4.78, 5) is 4.28. The zero-order valence-corrected chi connectivity index (χ0v) is 14.2. The van der Waals surface area contributed by atoms with E-state index in [9.17, 15) is 0 Å². The van der Waals surface area contributed by atoms with Crippen LogP contribution in [0.2, 0.25) is 0 Å². The molecule has 7 heteroatoms. The third kappa shape index (κ3) is 14.7. The number of nitrogens with zero attached hydrogens (tertiary/aromatic N) is 1. The summed E-state index contributed by atoms with van der Waals surface area (Å²) in [5.41, 5.74) is 1.17. The minimum atomic E-state index is 0.757. The summed E-state index contributed by atoms with van der Waals surface area (Å²) in [6.07, 6.45) is 1.85. The number of hydrogen-bond donors (Lipinski definition) is 0. The van der Waals surface area contributed by atoms with Gasteiger partial charge >= 0.3 is 33.3 Å². The molecule has 1 aromatic heterocycles. The maximum absolute atomic E-state index is 4.67. The van der Waals surface area contributed by atoms with Crippen LogP contribution < -0.4 is 0 Å². The molecule has 0 aliphatic heterocycles. The Morgan fingerprint density at radius 2 is 1.95 bits per heavy atom. The molecule has 1 heterocycles. The van der Waals surface area contributed by atoms with Crippen molar-refractivity contribution in [3.8, 4) is 0 Å². The van der Waals surface area contributed by atoms with E-state index in [2.05, 4.69) is 47.6 Å². The van der Waals surface area contributed by atoms with Gasteiger partial charge in [0.25, 0.3) is 0 Å². The molecule has 19 heavy (non-hydrogen) atoms. The molecule has 2 N–H and O–H groups in total. The first-order valence-corrected chi connectivity index (χ1v) is 9.81. The predicted molar refractivity (Wildman–Crippen MR) is 82.9 cm³/mol. The van der Waals surface area contributed by atoms with Gasteiger partial charge in [0, 0.05) is 13.1 Å². The van der Waals surface area contributed by atoms with E-state index in [-0.39, 0.29) is 0 Å². The third-order valence-electron chi connectivity index (χ3n) is 2.06. The number of pyridine rings is 1. The van der Waals surface area contributed by atoms with Crippen molar-refractivity contribution < 1.29 is 22.6 Å². The second-order valence-electron chi connectivity index (χ2n) is 3.40. The monoisotopic (exact) mass is 377 g/mol. The van der Waals surface area contributed by atoms with Gasteiger partial charge in [-0.15, -0.1) is 0 Å². The number of aliphatic hydroxyl groups is 4. The molecule has 0 amide bonds. The molecule has 0 atom stereocenters. The van der Waals surface area contributed by atoms with Crippen LogP contribution in [0.3, 0.4) is 0 Å². The molecule has 115 valence electrons.